The lowest BCUT2D eigenvalue weighted by molar-refractivity contribution is 0.102. The quantitative estimate of drug-likeness (QED) is 0.581. The SMILES string of the molecule is O=C(Nc1ccc(-n2cccn2)cc1)c1ccc(-c2ccccc2)cc1. The molecule has 1 N–H and O–H groups in total. The van der Waals surface area contributed by atoms with Crippen LogP contribution in [0.4, 0.5) is 5.69 Å². The van der Waals surface area contributed by atoms with E-state index < -0.39 is 0 Å². The minimum Gasteiger partial charge on any atom is -0.322 e. The van der Waals surface area contributed by atoms with Gasteiger partial charge in [-0.1, -0.05) is 42.5 Å². The molecule has 0 aliphatic heterocycles. The lowest BCUT2D eigenvalue weighted by Crippen LogP contribution is -2.11. The van der Waals surface area contributed by atoms with Crippen LogP contribution in [0.25, 0.3) is 16.8 Å². The molecule has 4 heteroatoms. The zero-order chi connectivity index (χ0) is 17.8. The lowest BCUT2D eigenvalue weighted by atomic mass is 10.0. The van der Waals surface area contributed by atoms with Crippen LogP contribution in [0.5, 0.6) is 0 Å². The van der Waals surface area contributed by atoms with E-state index in [2.05, 4.69) is 22.5 Å². The second-order valence-corrected chi connectivity index (χ2v) is 5.90. The van der Waals surface area contributed by atoms with Crippen LogP contribution in [0, 0.1) is 0 Å². The number of anilines is 1. The number of carbonyl (C=O) groups is 1. The Bertz CT molecular complexity index is 990. The Kier molecular flexibility index (Phi) is 4.31. The molecular weight excluding hydrogens is 322 g/mol. The number of rotatable bonds is 4. The van der Waals surface area contributed by atoms with Crippen LogP contribution in [-0.4, -0.2) is 15.7 Å². The zero-order valence-corrected chi connectivity index (χ0v) is 14.0. The first-order chi connectivity index (χ1) is 12.8. The van der Waals surface area contributed by atoms with E-state index in [4.69, 9.17) is 0 Å². The summed E-state index contributed by atoms with van der Waals surface area (Å²) in [7, 11) is 0. The van der Waals surface area contributed by atoms with E-state index in [1.165, 1.54) is 0 Å². The molecule has 26 heavy (non-hydrogen) atoms. The van der Waals surface area contributed by atoms with Crippen molar-refractivity contribution in [1.29, 1.82) is 0 Å². The third kappa shape index (κ3) is 3.39. The average molecular weight is 339 g/mol. The molecule has 3 aromatic carbocycles. The molecule has 1 aromatic heterocycles. The van der Waals surface area contributed by atoms with E-state index in [1.54, 1.807) is 10.9 Å². The maximum Gasteiger partial charge on any atom is 0.255 e. The molecule has 0 spiro atoms. The summed E-state index contributed by atoms with van der Waals surface area (Å²) in [6, 6.07) is 27.2. The molecular formula is C22H17N3O. The molecule has 0 saturated heterocycles. The van der Waals surface area contributed by atoms with Crippen molar-refractivity contribution in [2.24, 2.45) is 0 Å². The van der Waals surface area contributed by atoms with Crippen LogP contribution < -0.4 is 5.32 Å². The summed E-state index contributed by atoms with van der Waals surface area (Å²) in [4.78, 5) is 12.4. The normalized spacial score (nSPS) is 10.5. The van der Waals surface area contributed by atoms with Gasteiger partial charge in [0.05, 0.1) is 5.69 Å². The van der Waals surface area contributed by atoms with Gasteiger partial charge >= 0.3 is 0 Å². The van der Waals surface area contributed by atoms with Crippen LogP contribution >= 0.6 is 0 Å². The lowest BCUT2D eigenvalue weighted by Gasteiger charge is -2.08. The minimum absolute atomic E-state index is 0.128. The van der Waals surface area contributed by atoms with Crippen molar-refractivity contribution < 1.29 is 4.79 Å². The summed E-state index contributed by atoms with van der Waals surface area (Å²) in [5.41, 5.74) is 4.54. The standard InChI is InChI=1S/C22H17N3O/c26-22(19-9-7-18(8-10-19)17-5-2-1-3-6-17)24-20-11-13-21(14-12-20)25-16-4-15-23-25/h1-16H,(H,24,26). The van der Waals surface area contributed by atoms with Gasteiger partial charge in [-0.3, -0.25) is 4.79 Å². The third-order valence-electron chi connectivity index (χ3n) is 4.15. The minimum atomic E-state index is -0.128. The van der Waals surface area contributed by atoms with E-state index in [0.717, 1.165) is 22.5 Å². The van der Waals surface area contributed by atoms with Crippen molar-refractivity contribution in [2.75, 3.05) is 5.32 Å². The van der Waals surface area contributed by atoms with Crippen LogP contribution in [-0.2, 0) is 0 Å². The van der Waals surface area contributed by atoms with Gasteiger partial charge in [-0.2, -0.15) is 5.10 Å². The molecule has 0 aliphatic rings. The van der Waals surface area contributed by atoms with Gasteiger partial charge in [-0.15, -0.1) is 0 Å². The van der Waals surface area contributed by atoms with Crippen molar-refractivity contribution in [3.8, 4) is 16.8 Å². The molecule has 0 radical (unpaired) electrons. The highest BCUT2D eigenvalue weighted by Crippen LogP contribution is 2.20. The highest BCUT2D eigenvalue weighted by atomic mass is 16.1. The number of aromatic nitrogens is 2. The predicted molar refractivity (Wildman–Crippen MR) is 103 cm³/mol. The van der Waals surface area contributed by atoms with Crippen molar-refractivity contribution in [3.05, 3.63) is 103 Å². The van der Waals surface area contributed by atoms with E-state index in [-0.39, 0.29) is 5.91 Å². The molecule has 0 aliphatic carbocycles. The molecule has 126 valence electrons. The maximum atomic E-state index is 12.4. The summed E-state index contributed by atoms with van der Waals surface area (Å²) in [6.45, 7) is 0. The number of nitrogens with zero attached hydrogens (tertiary/aromatic N) is 2. The molecule has 4 nitrogen and oxygen atoms in total. The van der Waals surface area contributed by atoms with Gasteiger partial charge in [0, 0.05) is 23.6 Å². The Morgan fingerprint density at radius 1 is 0.769 bits per heavy atom. The van der Waals surface area contributed by atoms with Crippen LogP contribution in [0.15, 0.2) is 97.3 Å². The zero-order valence-electron chi connectivity index (χ0n) is 14.0. The number of hydrogen-bond acceptors (Lipinski definition) is 2. The number of carbonyl (C=O) groups excluding carboxylic acids is 1. The third-order valence-corrected chi connectivity index (χ3v) is 4.15. The number of nitrogens with one attached hydrogen (secondary N) is 1. The molecule has 4 aromatic rings. The van der Waals surface area contributed by atoms with E-state index in [0.29, 0.717) is 5.56 Å². The molecule has 0 unspecified atom stereocenters. The fourth-order valence-corrected chi connectivity index (χ4v) is 2.77. The summed E-state index contributed by atoms with van der Waals surface area (Å²) < 4.78 is 1.77. The maximum absolute atomic E-state index is 12.4. The second-order valence-electron chi connectivity index (χ2n) is 5.90. The summed E-state index contributed by atoms with van der Waals surface area (Å²) in [5, 5.41) is 7.11. The van der Waals surface area contributed by atoms with Crippen LogP contribution in [0.1, 0.15) is 10.4 Å². The van der Waals surface area contributed by atoms with Gasteiger partial charge in [0.1, 0.15) is 0 Å². The smallest absolute Gasteiger partial charge is 0.255 e. The molecule has 0 atom stereocenters. The predicted octanol–water partition coefficient (Wildman–Crippen LogP) is 4.79. The first-order valence-electron chi connectivity index (χ1n) is 8.36. The van der Waals surface area contributed by atoms with Crippen molar-refractivity contribution >= 4 is 11.6 Å². The van der Waals surface area contributed by atoms with Gasteiger partial charge < -0.3 is 5.32 Å². The Labute approximate surface area is 151 Å². The van der Waals surface area contributed by atoms with Crippen molar-refractivity contribution in [3.63, 3.8) is 0 Å². The first kappa shape index (κ1) is 15.8. The molecule has 4 rings (SSSR count). The number of amides is 1. The molecule has 1 heterocycles. The van der Waals surface area contributed by atoms with Gasteiger partial charge in [0.25, 0.3) is 5.91 Å². The van der Waals surface area contributed by atoms with Crippen molar-refractivity contribution in [2.45, 2.75) is 0 Å². The van der Waals surface area contributed by atoms with E-state index in [9.17, 15) is 4.79 Å². The first-order valence-corrected chi connectivity index (χ1v) is 8.36. The van der Waals surface area contributed by atoms with Gasteiger partial charge in [-0.25, -0.2) is 4.68 Å². The second kappa shape index (κ2) is 7.07. The Balaban J connectivity index is 1.46. The summed E-state index contributed by atoms with van der Waals surface area (Å²) in [5.74, 6) is -0.128. The topological polar surface area (TPSA) is 46.9 Å². The van der Waals surface area contributed by atoms with Crippen molar-refractivity contribution in [1.82, 2.24) is 9.78 Å². The average Bonchev–Trinajstić information content (AvgIpc) is 3.24. The van der Waals surface area contributed by atoms with E-state index in [1.807, 2.05) is 79.0 Å². The Morgan fingerprint density at radius 2 is 1.46 bits per heavy atom. The summed E-state index contributed by atoms with van der Waals surface area (Å²) in [6.07, 6.45) is 3.61. The van der Waals surface area contributed by atoms with E-state index >= 15 is 0 Å². The monoisotopic (exact) mass is 339 g/mol. The summed E-state index contributed by atoms with van der Waals surface area (Å²) >= 11 is 0. The van der Waals surface area contributed by atoms with Crippen LogP contribution in [0.2, 0.25) is 0 Å². The fraction of sp³-hybridized carbons (Fsp3) is 0. The molecule has 0 fully saturated rings. The van der Waals surface area contributed by atoms with Gasteiger partial charge in [-0.05, 0) is 53.6 Å². The number of hydrogen-bond donors (Lipinski definition) is 1. The largest absolute Gasteiger partial charge is 0.322 e. The molecule has 0 saturated carbocycles. The molecule has 1 amide bonds. The van der Waals surface area contributed by atoms with Gasteiger partial charge in [0.15, 0.2) is 0 Å². The number of benzene rings is 3. The Morgan fingerprint density at radius 3 is 2.12 bits per heavy atom. The highest BCUT2D eigenvalue weighted by Gasteiger charge is 2.07. The molecule has 0 bridgehead atoms. The van der Waals surface area contributed by atoms with Gasteiger partial charge in [0.2, 0.25) is 0 Å². The highest BCUT2D eigenvalue weighted by molar-refractivity contribution is 6.04. The van der Waals surface area contributed by atoms with Crippen LogP contribution in [0.3, 0.4) is 0 Å². The fourth-order valence-electron chi connectivity index (χ4n) is 2.77. The Hall–Kier alpha value is -3.66.